The van der Waals surface area contributed by atoms with Crippen LogP contribution in [-0.4, -0.2) is 11.9 Å². The van der Waals surface area contributed by atoms with E-state index in [1.54, 1.807) is 24.3 Å². The molecule has 0 aromatic heterocycles. The molecule has 3 aromatic rings. The van der Waals surface area contributed by atoms with Crippen LogP contribution in [0.15, 0.2) is 66.7 Å². The van der Waals surface area contributed by atoms with E-state index >= 15 is 0 Å². The Morgan fingerprint density at radius 1 is 0.968 bits per heavy atom. The summed E-state index contributed by atoms with van der Waals surface area (Å²) in [7, 11) is 0. The Morgan fingerprint density at radius 3 is 2.29 bits per heavy atom. The van der Waals surface area contributed by atoms with Crippen LogP contribution in [0, 0.1) is 0 Å². The first-order valence-electron chi connectivity index (χ1n) is 8.98. The van der Waals surface area contributed by atoms with Gasteiger partial charge in [0.2, 0.25) is 0 Å². The first-order chi connectivity index (χ1) is 14.7. The summed E-state index contributed by atoms with van der Waals surface area (Å²) in [5.74, 6) is -2.84. The molecule has 0 aliphatic rings. The highest BCUT2D eigenvalue weighted by molar-refractivity contribution is 6.30. The first kappa shape index (κ1) is 22.3. The summed E-state index contributed by atoms with van der Waals surface area (Å²) in [6, 6.07) is 14.9. The number of carbonyl (C=O) groups excluding carboxylic acids is 2. The van der Waals surface area contributed by atoms with Crippen molar-refractivity contribution in [2.45, 2.75) is 12.7 Å². The smallest absolute Gasteiger partial charge is 0.420 e. The molecule has 0 radical (unpaired) electrons. The maximum Gasteiger partial charge on any atom is 0.420 e. The van der Waals surface area contributed by atoms with Gasteiger partial charge >= 0.3 is 12.1 Å². The topological polar surface area (TPSA) is 81.4 Å². The molecule has 0 atom stereocenters. The number of alkyl halides is 3. The van der Waals surface area contributed by atoms with Crippen LogP contribution >= 0.6 is 11.6 Å². The van der Waals surface area contributed by atoms with E-state index in [0.29, 0.717) is 16.3 Å². The lowest BCUT2D eigenvalue weighted by molar-refractivity contribution is -0.138. The van der Waals surface area contributed by atoms with E-state index in [-0.39, 0.29) is 12.1 Å². The van der Waals surface area contributed by atoms with Crippen LogP contribution < -0.4 is 15.8 Å². The number of hydrogen-bond acceptors (Lipinski definition) is 4. The van der Waals surface area contributed by atoms with Crippen molar-refractivity contribution in [2.75, 3.05) is 5.32 Å². The molecule has 3 aromatic carbocycles. The Hall–Kier alpha value is -3.36. The average Bonchev–Trinajstić information content (AvgIpc) is 2.73. The summed E-state index contributed by atoms with van der Waals surface area (Å²) < 4.78 is 45.8. The van der Waals surface area contributed by atoms with Crippen molar-refractivity contribution >= 4 is 29.2 Å². The van der Waals surface area contributed by atoms with Gasteiger partial charge in [-0.2, -0.15) is 13.2 Å². The Labute approximate surface area is 180 Å². The van der Waals surface area contributed by atoms with Crippen molar-refractivity contribution in [2.24, 2.45) is 5.73 Å². The van der Waals surface area contributed by atoms with Crippen molar-refractivity contribution in [1.82, 2.24) is 0 Å². The molecule has 160 valence electrons. The molecule has 5 nitrogen and oxygen atoms in total. The van der Waals surface area contributed by atoms with Crippen LogP contribution in [0.1, 0.15) is 31.8 Å². The van der Waals surface area contributed by atoms with E-state index in [2.05, 4.69) is 5.32 Å². The van der Waals surface area contributed by atoms with Crippen LogP contribution in [0.3, 0.4) is 0 Å². The third-order valence-corrected chi connectivity index (χ3v) is 4.58. The molecule has 0 fully saturated rings. The fourth-order valence-electron chi connectivity index (χ4n) is 2.80. The molecule has 0 saturated carbocycles. The van der Waals surface area contributed by atoms with Crippen molar-refractivity contribution in [3.05, 3.63) is 94.0 Å². The highest BCUT2D eigenvalue weighted by atomic mass is 35.5. The SMILES string of the molecule is NCc1ccccc1NC(=O)c1cccc(C(F)(F)F)c1OC(=O)c1ccc(Cl)cc1. The molecular formula is C22H16ClF3N2O3. The lowest BCUT2D eigenvalue weighted by Gasteiger charge is -2.17. The zero-order valence-corrected chi connectivity index (χ0v) is 16.6. The van der Waals surface area contributed by atoms with Gasteiger partial charge in [-0.1, -0.05) is 35.9 Å². The largest absolute Gasteiger partial charge is 0.421 e. The van der Waals surface area contributed by atoms with Gasteiger partial charge in [-0.15, -0.1) is 0 Å². The lowest BCUT2D eigenvalue weighted by Crippen LogP contribution is -2.20. The molecule has 0 aliphatic carbocycles. The standard InChI is InChI=1S/C22H16ClF3N2O3/c23-15-10-8-13(9-11-15)21(30)31-19-16(5-3-6-17(19)22(24,25)26)20(29)28-18-7-2-1-4-14(18)12-27/h1-11H,12,27H2,(H,28,29). The van der Waals surface area contributed by atoms with Gasteiger partial charge in [0.25, 0.3) is 5.91 Å². The second-order valence-corrected chi connectivity index (χ2v) is 6.83. The van der Waals surface area contributed by atoms with E-state index in [1.807, 2.05) is 0 Å². The molecule has 0 saturated heterocycles. The van der Waals surface area contributed by atoms with Crippen LogP contribution in [-0.2, 0) is 12.7 Å². The monoisotopic (exact) mass is 448 g/mol. The predicted molar refractivity (Wildman–Crippen MR) is 110 cm³/mol. The highest BCUT2D eigenvalue weighted by Crippen LogP contribution is 2.39. The number of amides is 1. The normalized spacial score (nSPS) is 11.1. The minimum absolute atomic E-state index is 0.0267. The third-order valence-electron chi connectivity index (χ3n) is 4.33. The fraction of sp³-hybridized carbons (Fsp3) is 0.0909. The van der Waals surface area contributed by atoms with Gasteiger partial charge in [-0.25, -0.2) is 4.79 Å². The minimum atomic E-state index is -4.86. The highest BCUT2D eigenvalue weighted by Gasteiger charge is 2.37. The fourth-order valence-corrected chi connectivity index (χ4v) is 2.92. The number of benzene rings is 3. The maximum atomic E-state index is 13.6. The van der Waals surface area contributed by atoms with E-state index < -0.39 is 34.9 Å². The first-order valence-corrected chi connectivity index (χ1v) is 9.35. The number of halogens is 4. The van der Waals surface area contributed by atoms with Crippen LogP contribution in [0.25, 0.3) is 0 Å². The molecule has 31 heavy (non-hydrogen) atoms. The quantitative estimate of drug-likeness (QED) is 0.410. The number of rotatable bonds is 5. The van der Waals surface area contributed by atoms with Crippen LogP contribution in [0.2, 0.25) is 5.02 Å². The Morgan fingerprint density at radius 2 is 1.65 bits per heavy atom. The predicted octanol–water partition coefficient (Wildman–Crippen LogP) is 5.29. The van der Waals surface area contributed by atoms with E-state index in [4.69, 9.17) is 22.1 Å². The molecule has 9 heteroatoms. The van der Waals surface area contributed by atoms with E-state index in [0.717, 1.165) is 18.2 Å². The summed E-state index contributed by atoms with van der Waals surface area (Å²) in [6.07, 6.45) is -4.86. The van der Waals surface area contributed by atoms with Gasteiger partial charge in [0.1, 0.15) is 0 Å². The molecule has 0 unspecified atom stereocenters. The number of ether oxygens (including phenoxy) is 1. The van der Waals surface area contributed by atoms with Gasteiger partial charge in [0, 0.05) is 17.3 Å². The van der Waals surface area contributed by atoms with E-state index in [1.165, 1.54) is 24.3 Å². The number of nitrogens with one attached hydrogen (secondary N) is 1. The molecule has 0 bridgehead atoms. The number of carbonyl (C=O) groups is 2. The summed E-state index contributed by atoms with van der Waals surface area (Å²) in [4.78, 5) is 25.3. The average molecular weight is 449 g/mol. The minimum Gasteiger partial charge on any atom is -0.421 e. The number of esters is 1. The zero-order chi connectivity index (χ0) is 22.6. The van der Waals surface area contributed by atoms with Crippen molar-refractivity contribution in [3.8, 4) is 5.75 Å². The Balaban J connectivity index is 2.01. The third kappa shape index (κ3) is 5.22. The number of nitrogens with two attached hydrogens (primary N) is 1. The van der Waals surface area contributed by atoms with Gasteiger partial charge in [-0.05, 0) is 48.0 Å². The van der Waals surface area contributed by atoms with Crippen molar-refractivity contribution in [3.63, 3.8) is 0 Å². The zero-order valence-electron chi connectivity index (χ0n) is 15.9. The second-order valence-electron chi connectivity index (χ2n) is 6.39. The summed E-state index contributed by atoms with van der Waals surface area (Å²) in [5, 5.41) is 2.86. The summed E-state index contributed by atoms with van der Waals surface area (Å²) in [6.45, 7) is 0.109. The second kappa shape index (κ2) is 9.20. The Kier molecular flexibility index (Phi) is 6.62. The molecule has 0 aliphatic heterocycles. The molecule has 0 spiro atoms. The van der Waals surface area contributed by atoms with Crippen LogP contribution in [0.5, 0.6) is 5.75 Å². The maximum absolute atomic E-state index is 13.6. The molecule has 1 amide bonds. The van der Waals surface area contributed by atoms with Gasteiger partial charge < -0.3 is 15.8 Å². The van der Waals surface area contributed by atoms with Gasteiger partial charge in [0.15, 0.2) is 5.75 Å². The van der Waals surface area contributed by atoms with Crippen molar-refractivity contribution in [1.29, 1.82) is 0 Å². The number of hydrogen-bond donors (Lipinski definition) is 2. The molecule has 0 heterocycles. The van der Waals surface area contributed by atoms with Crippen molar-refractivity contribution < 1.29 is 27.5 Å². The molecular weight excluding hydrogens is 433 g/mol. The van der Waals surface area contributed by atoms with Crippen LogP contribution in [0.4, 0.5) is 18.9 Å². The summed E-state index contributed by atoms with van der Waals surface area (Å²) >= 11 is 5.77. The number of para-hydroxylation sites is 2. The lowest BCUT2D eigenvalue weighted by atomic mass is 10.1. The van der Waals surface area contributed by atoms with Gasteiger partial charge in [-0.3, -0.25) is 4.79 Å². The van der Waals surface area contributed by atoms with E-state index in [9.17, 15) is 22.8 Å². The summed E-state index contributed by atoms with van der Waals surface area (Å²) in [5.41, 5.74) is 4.82. The molecule has 3 rings (SSSR count). The Bertz CT molecular complexity index is 1120. The van der Waals surface area contributed by atoms with Gasteiger partial charge in [0.05, 0.1) is 16.7 Å². The molecule has 3 N–H and O–H groups in total. The number of anilines is 1.